The summed E-state index contributed by atoms with van der Waals surface area (Å²) in [6.45, 7) is 6.25. The number of piperidine rings is 1. The highest BCUT2D eigenvalue weighted by Crippen LogP contribution is 2.24. The van der Waals surface area contributed by atoms with Crippen LogP contribution in [-0.2, 0) is 9.53 Å². The van der Waals surface area contributed by atoms with Gasteiger partial charge in [-0.2, -0.15) is 0 Å². The van der Waals surface area contributed by atoms with Gasteiger partial charge in [0, 0.05) is 20.0 Å². The minimum Gasteiger partial charge on any atom is -0.466 e. The Kier molecular flexibility index (Phi) is 5.70. The van der Waals surface area contributed by atoms with Crippen molar-refractivity contribution in [3.8, 4) is 0 Å². The highest BCUT2D eigenvalue weighted by Gasteiger charge is 2.29. The second-order valence-corrected chi connectivity index (χ2v) is 6.46. The summed E-state index contributed by atoms with van der Waals surface area (Å²) in [6, 6.07) is -0.303. The summed E-state index contributed by atoms with van der Waals surface area (Å²) in [5, 5.41) is 3.11. The fraction of sp³-hybridized carbons (Fsp3) is 0.600. The number of likely N-dealkylation sites (tertiary alicyclic amines) is 1. The lowest BCUT2D eigenvalue weighted by Crippen LogP contribution is -2.44. The predicted molar refractivity (Wildman–Crippen MR) is 86.8 cm³/mol. The van der Waals surface area contributed by atoms with Crippen molar-refractivity contribution in [2.24, 2.45) is 5.92 Å². The number of urea groups is 1. The third kappa shape index (κ3) is 4.28. The predicted octanol–water partition coefficient (Wildman–Crippen LogP) is 2.46. The molecular weight excluding hydrogens is 318 g/mol. The number of rotatable bonds is 4. The molecule has 126 valence electrons. The van der Waals surface area contributed by atoms with Crippen molar-refractivity contribution in [3.63, 3.8) is 0 Å². The first-order valence-corrected chi connectivity index (χ1v) is 8.45. The summed E-state index contributed by atoms with van der Waals surface area (Å²) in [6.07, 6.45) is 1.49. The van der Waals surface area contributed by atoms with Gasteiger partial charge >= 0.3 is 12.0 Å². The number of ether oxygens (including phenoxy) is 1. The molecule has 0 radical (unpaired) electrons. The van der Waals surface area contributed by atoms with Crippen LogP contribution < -0.4 is 5.32 Å². The molecule has 1 aliphatic heterocycles. The van der Waals surface area contributed by atoms with E-state index < -0.39 is 0 Å². The Morgan fingerprint density at radius 2 is 2.17 bits per heavy atom. The van der Waals surface area contributed by atoms with Crippen LogP contribution in [0.5, 0.6) is 0 Å². The molecule has 2 heterocycles. The summed E-state index contributed by atoms with van der Waals surface area (Å²) < 4.78 is 5.03. The van der Waals surface area contributed by atoms with E-state index in [-0.39, 0.29) is 23.7 Å². The van der Waals surface area contributed by atoms with Crippen molar-refractivity contribution in [1.82, 2.24) is 9.88 Å². The van der Waals surface area contributed by atoms with Gasteiger partial charge in [-0.3, -0.25) is 14.9 Å². The van der Waals surface area contributed by atoms with E-state index in [2.05, 4.69) is 10.3 Å². The highest BCUT2D eigenvalue weighted by molar-refractivity contribution is 7.17. The molecule has 1 aromatic heterocycles. The van der Waals surface area contributed by atoms with Crippen molar-refractivity contribution >= 4 is 34.3 Å². The number of Topliss-reactive ketones (excluding diaryl/α,β-unsaturated/α-hetero) is 1. The molecule has 1 aromatic rings. The van der Waals surface area contributed by atoms with E-state index in [0.29, 0.717) is 35.4 Å². The quantitative estimate of drug-likeness (QED) is 0.672. The zero-order valence-electron chi connectivity index (χ0n) is 13.5. The Hall–Kier alpha value is -1.96. The highest BCUT2D eigenvalue weighted by atomic mass is 32.1. The summed E-state index contributed by atoms with van der Waals surface area (Å²) in [7, 11) is 0. The molecule has 1 N–H and O–H groups in total. The van der Waals surface area contributed by atoms with Crippen molar-refractivity contribution in [3.05, 3.63) is 10.6 Å². The first-order chi connectivity index (χ1) is 10.9. The van der Waals surface area contributed by atoms with Gasteiger partial charge in [-0.15, -0.1) is 0 Å². The van der Waals surface area contributed by atoms with Crippen LogP contribution in [0.3, 0.4) is 0 Å². The molecular formula is C15H21N3O4S. The van der Waals surface area contributed by atoms with Crippen LogP contribution in [-0.4, -0.2) is 47.4 Å². The minimum absolute atomic E-state index is 0.0687. The lowest BCUT2D eigenvalue weighted by atomic mass is 9.98. The molecule has 1 fully saturated rings. The number of aromatic nitrogens is 1. The number of nitrogens with one attached hydrogen (secondary N) is 1. The van der Waals surface area contributed by atoms with Gasteiger partial charge in [0.15, 0.2) is 10.9 Å². The summed E-state index contributed by atoms with van der Waals surface area (Å²) >= 11 is 1.16. The fourth-order valence-electron chi connectivity index (χ4n) is 2.56. The van der Waals surface area contributed by atoms with Crippen LogP contribution in [0.15, 0.2) is 0 Å². The maximum atomic E-state index is 12.3. The van der Waals surface area contributed by atoms with Crippen LogP contribution in [0, 0.1) is 12.8 Å². The maximum absolute atomic E-state index is 12.3. The molecule has 0 unspecified atom stereocenters. The number of thiazole rings is 1. The Morgan fingerprint density at radius 1 is 1.43 bits per heavy atom. The molecule has 1 atom stereocenters. The van der Waals surface area contributed by atoms with Gasteiger partial charge in [0.05, 0.1) is 23.1 Å². The normalized spacial score (nSPS) is 17.7. The second kappa shape index (κ2) is 7.54. The smallest absolute Gasteiger partial charge is 0.323 e. The van der Waals surface area contributed by atoms with Crippen molar-refractivity contribution < 1.29 is 19.1 Å². The fourth-order valence-corrected chi connectivity index (χ4v) is 3.41. The van der Waals surface area contributed by atoms with Crippen LogP contribution in [0.1, 0.15) is 42.1 Å². The number of nitrogens with zero attached hydrogens (tertiary/aromatic N) is 2. The molecule has 0 bridgehead atoms. The largest absolute Gasteiger partial charge is 0.466 e. The second-order valence-electron chi connectivity index (χ2n) is 5.46. The SMILES string of the molecule is CCOC(=O)[C@@H]1CCCN(C(=O)Nc2nc(C)c(C(C)=O)s2)C1. The first-order valence-electron chi connectivity index (χ1n) is 7.63. The van der Waals surface area contributed by atoms with E-state index in [0.717, 1.165) is 24.2 Å². The Bertz CT molecular complexity index is 614. The number of ketones is 1. The third-order valence-electron chi connectivity index (χ3n) is 3.66. The number of hydrogen-bond donors (Lipinski definition) is 1. The molecule has 8 heteroatoms. The number of anilines is 1. The third-order valence-corrected chi connectivity index (χ3v) is 4.83. The lowest BCUT2D eigenvalue weighted by Gasteiger charge is -2.31. The van der Waals surface area contributed by atoms with Gasteiger partial charge in [0.25, 0.3) is 0 Å². The number of aryl methyl sites for hydroxylation is 1. The van der Waals surface area contributed by atoms with Crippen LogP contribution in [0.4, 0.5) is 9.93 Å². The molecule has 0 aliphatic carbocycles. The zero-order chi connectivity index (χ0) is 17.0. The average Bonchev–Trinajstić information content (AvgIpc) is 2.88. The van der Waals surface area contributed by atoms with Crippen molar-refractivity contribution in [2.45, 2.75) is 33.6 Å². The number of hydrogen-bond acceptors (Lipinski definition) is 6. The monoisotopic (exact) mass is 339 g/mol. The Morgan fingerprint density at radius 3 is 2.78 bits per heavy atom. The molecule has 23 heavy (non-hydrogen) atoms. The molecule has 1 aliphatic rings. The van der Waals surface area contributed by atoms with E-state index in [4.69, 9.17) is 4.74 Å². The maximum Gasteiger partial charge on any atom is 0.323 e. The number of amides is 2. The molecule has 2 rings (SSSR count). The minimum atomic E-state index is -0.303. The average molecular weight is 339 g/mol. The van der Waals surface area contributed by atoms with E-state index in [9.17, 15) is 14.4 Å². The molecule has 7 nitrogen and oxygen atoms in total. The van der Waals surface area contributed by atoms with Gasteiger partial charge in [0.1, 0.15) is 0 Å². The van der Waals surface area contributed by atoms with Crippen LogP contribution in [0.25, 0.3) is 0 Å². The van der Waals surface area contributed by atoms with E-state index in [1.807, 2.05) is 0 Å². The summed E-state index contributed by atoms with van der Waals surface area (Å²) in [5.74, 6) is -0.602. The number of carbonyl (C=O) groups is 3. The van der Waals surface area contributed by atoms with E-state index in [1.165, 1.54) is 6.92 Å². The van der Waals surface area contributed by atoms with Gasteiger partial charge < -0.3 is 9.64 Å². The van der Waals surface area contributed by atoms with Gasteiger partial charge in [-0.05, 0) is 26.7 Å². The molecule has 0 spiro atoms. The van der Waals surface area contributed by atoms with Gasteiger partial charge in [-0.25, -0.2) is 9.78 Å². The van der Waals surface area contributed by atoms with Gasteiger partial charge in [0.2, 0.25) is 0 Å². The van der Waals surface area contributed by atoms with E-state index >= 15 is 0 Å². The van der Waals surface area contributed by atoms with Crippen LogP contribution in [0.2, 0.25) is 0 Å². The van der Waals surface area contributed by atoms with Crippen LogP contribution >= 0.6 is 11.3 Å². The summed E-state index contributed by atoms with van der Waals surface area (Å²) in [5.41, 5.74) is 0.612. The number of carbonyl (C=O) groups excluding carboxylic acids is 3. The number of esters is 1. The lowest BCUT2D eigenvalue weighted by molar-refractivity contribution is -0.149. The molecule has 2 amide bonds. The topological polar surface area (TPSA) is 88.6 Å². The first kappa shape index (κ1) is 17.4. The van der Waals surface area contributed by atoms with Gasteiger partial charge in [-0.1, -0.05) is 11.3 Å². The zero-order valence-corrected chi connectivity index (χ0v) is 14.4. The molecule has 1 saturated heterocycles. The molecule has 0 aromatic carbocycles. The van der Waals surface area contributed by atoms with E-state index in [1.54, 1.807) is 18.7 Å². The Labute approximate surface area is 139 Å². The standard InChI is InChI=1S/C15H21N3O4S/c1-4-22-13(20)11-6-5-7-18(8-11)15(21)17-14-16-9(2)12(23-14)10(3)19/h11H,4-8H2,1-3H3,(H,16,17,21)/t11-/m1/s1. The summed E-state index contributed by atoms with van der Waals surface area (Å²) in [4.78, 5) is 41.9. The molecule has 0 saturated carbocycles. The Balaban J connectivity index is 1.98. The van der Waals surface area contributed by atoms with Crippen molar-refractivity contribution in [2.75, 3.05) is 25.0 Å². The van der Waals surface area contributed by atoms with Crippen molar-refractivity contribution in [1.29, 1.82) is 0 Å².